The predicted molar refractivity (Wildman–Crippen MR) is 100 cm³/mol. The van der Waals surface area contributed by atoms with Crippen molar-refractivity contribution in [2.45, 2.75) is 52.1 Å². The molecule has 0 saturated carbocycles. The van der Waals surface area contributed by atoms with Gasteiger partial charge in [0.2, 0.25) is 0 Å². The van der Waals surface area contributed by atoms with E-state index >= 15 is 0 Å². The summed E-state index contributed by atoms with van der Waals surface area (Å²) in [6.45, 7) is 10.4. The molecule has 0 spiro atoms. The molecule has 1 unspecified atom stereocenters. The van der Waals surface area contributed by atoms with Gasteiger partial charge in [0.05, 0.1) is 5.66 Å². The first-order valence-corrected chi connectivity index (χ1v) is 9.25. The Kier molecular flexibility index (Phi) is 5.72. The molecule has 0 fully saturated rings. The van der Waals surface area contributed by atoms with E-state index in [9.17, 15) is 9.36 Å². The number of hydrogen-bond donors (Lipinski definition) is 0. The van der Waals surface area contributed by atoms with Crippen LogP contribution in [0.4, 0.5) is 0 Å². The molecule has 0 aromatic heterocycles. The zero-order valence-electron chi connectivity index (χ0n) is 15.1. The second kappa shape index (κ2) is 7.40. The second-order valence-corrected chi connectivity index (χ2v) is 8.06. The fraction of sp³-hybridized carbons (Fsp3) is 0.381. The fourth-order valence-corrected chi connectivity index (χ4v) is 3.53. The number of aryl methyl sites for hydroxylation is 1. The predicted octanol–water partition coefficient (Wildman–Crippen LogP) is 6.27. The van der Waals surface area contributed by atoms with Crippen molar-refractivity contribution in [1.29, 1.82) is 0 Å². The molecule has 0 aliphatic rings. The summed E-state index contributed by atoms with van der Waals surface area (Å²) in [5.41, 5.74) is 4.38. The van der Waals surface area contributed by atoms with Crippen LogP contribution >= 0.6 is 8.46 Å². The van der Waals surface area contributed by atoms with Crippen LogP contribution in [0.5, 0.6) is 0 Å². The van der Waals surface area contributed by atoms with Crippen molar-refractivity contribution in [1.82, 2.24) is 0 Å². The Morgan fingerprint density at radius 1 is 1.08 bits per heavy atom. The molecule has 0 aliphatic carbocycles. The van der Waals surface area contributed by atoms with E-state index in [0.717, 1.165) is 17.5 Å². The first-order chi connectivity index (χ1) is 11.3. The number of rotatable bonds is 5. The Morgan fingerprint density at radius 2 is 1.71 bits per heavy atom. The third-order valence-electron chi connectivity index (χ3n) is 4.43. The first-order valence-electron chi connectivity index (χ1n) is 8.36. The largest absolute Gasteiger partial charge is 0.289 e. The van der Waals surface area contributed by atoms with Crippen LogP contribution in [-0.2, 0) is 9.98 Å². The van der Waals surface area contributed by atoms with Gasteiger partial charge in [0.25, 0.3) is 0 Å². The lowest BCUT2D eigenvalue weighted by molar-refractivity contribution is 0.103. The molecule has 0 radical (unpaired) electrons. The molecular weight excluding hydrogens is 315 g/mol. The fourth-order valence-electron chi connectivity index (χ4n) is 2.93. The summed E-state index contributed by atoms with van der Waals surface area (Å²) >= 11 is 0. The third kappa shape index (κ3) is 3.82. The summed E-state index contributed by atoms with van der Waals surface area (Å²) in [4.78, 5) is 13.0. The highest BCUT2D eigenvalue weighted by atomic mass is 31.1. The number of carbonyl (C=O) groups is 1. The van der Waals surface area contributed by atoms with Crippen LogP contribution in [0.25, 0.3) is 0 Å². The summed E-state index contributed by atoms with van der Waals surface area (Å²) in [5, 5.41) is 0. The van der Waals surface area contributed by atoms with Crippen molar-refractivity contribution in [3.8, 4) is 0 Å². The lowest BCUT2D eigenvalue weighted by Gasteiger charge is -2.19. The van der Waals surface area contributed by atoms with Gasteiger partial charge in [0, 0.05) is 11.1 Å². The van der Waals surface area contributed by atoms with Crippen LogP contribution in [0.1, 0.15) is 72.4 Å². The van der Waals surface area contributed by atoms with E-state index in [4.69, 9.17) is 0 Å². The maximum atomic E-state index is 13.0. The molecule has 0 aliphatic heterocycles. The molecular formula is C21H25O2P. The van der Waals surface area contributed by atoms with E-state index in [1.807, 2.05) is 56.3 Å². The zero-order chi connectivity index (χ0) is 17.9. The van der Waals surface area contributed by atoms with E-state index < -0.39 is 0 Å². The average molecular weight is 340 g/mol. The Labute approximate surface area is 146 Å². The van der Waals surface area contributed by atoms with Crippen LogP contribution in [0.2, 0.25) is 0 Å². The number of hydrogen-bond acceptors (Lipinski definition) is 2. The van der Waals surface area contributed by atoms with Gasteiger partial charge in [-0.3, -0.25) is 9.36 Å². The Hall–Kier alpha value is -1.79. The molecule has 0 saturated heterocycles. The van der Waals surface area contributed by atoms with Crippen LogP contribution in [0.3, 0.4) is 0 Å². The summed E-state index contributed by atoms with van der Waals surface area (Å²) in [5.74, 6) is -0.00346. The van der Waals surface area contributed by atoms with Gasteiger partial charge >= 0.3 is 0 Å². The maximum Gasteiger partial charge on any atom is 0.193 e. The average Bonchev–Trinajstić information content (AvgIpc) is 2.56. The van der Waals surface area contributed by atoms with E-state index in [1.165, 1.54) is 5.56 Å². The Bertz CT molecular complexity index is 739. The minimum absolute atomic E-state index is 0.00346. The monoisotopic (exact) mass is 340 g/mol. The number of ketones is 1. The summed E-state index contributed by atoms with van der Waals surface area (Å²) in [7, 11) is 0.0626. The van der Waals surface area contributed by atoms with Gasteiger partial charge in [-0.1, -0.05) is 70.2 Å². The lowest BCUT2D eigenvalue weighted by Crippen LogP contribution is -2.12. The summed E-state index contributed by atoms with van der Waals surface area (Å²) in [6.07, 6.45) is 0.735. The van der Waals surface area contributed by atoms with Gasteiger partial charge in [-0.2, -0.15) is 0 Å². The van der Waals surface area contributed by atoms with E-state index in [0.29, 0.717) is 11.1 Å². The second-order valence-electron chi connectivity index (χ2n) is 7.22. The van der Waals surface area contributed by atoms with Crippen LogP contribution in [-0.4, -0.2) is 5.78 Å². The number of benzene rings is 2. The molecule has 2 aromatic rings. The molecule has 0 amide bonds. The van der Waals surface area contributed by atoms with Crippen molar-refractivity contribution in [3.05, 3.63) is 70.3 Å². The van der Waals surface area contributed by atoms with Crippen molar-refractivity contribution >= 4 is 14.2 Å². The highest BCUT2D eigenvalue weighted by Crippen LogP contribution is 2.35. The Morgan fingerprint density at radius 3 is 2.21 bits per heavy atom. The summed E-state index contributed by atoms with van der Waals surface area (Å²) < 4.78 is 11.5. The highest BCUT2D eigenvalue weighted by Gasteiger charge is 2.22. The zero-order valence-corrected chi connectivity index (χ0v) is 16.0. The molecule has 3 heteroatoms. The lowest BCUT2D eigenvalue weighted by atomic mass is 9.85. The topological polar surface area (TPSA) is 34.1 Å². The third-order valence-corrected chi connectivity index (χ3v) is 5.31. The van der Waals surface area contributed by atoms with Crippen molar-refractivity contribution < 1.29 is 9.36 Å². The Balaban J connectivity index is 2.47. The standard InChI is InChI=1S/C21H25O2P/c1-6-18(24-23)19-14(2)8-7-9-17(19)20(22)15-10-12-16(13-11-15)21(3,4)5/h7-13,18H,6H2,1-5H3. The van der Waals surface area contributed by atoms with Crippen molar-refractivity contribution in [2.75, 3.05) is 0 Å². The van der Waals surface area contributed by atoms with E-state index in [1.54, 1.807) is 0 Å². The van der Waals surface area contributed by atoms with Gasteiger partial charge in [0.1, 0.15) is 0 Å². The number of carbonyl (C=O) groups excluding carboxylic acids is 1. The van der Waals surface area contributed by atoms with Gasteiger partial charge in [-0.25, -0.2) is 0 Å². The first kappa shape index (κ1) is 18.5. The molecule has 2 nitrogen and oxygen atoms in total. The molecule has 0 bridgehead atoms. The summed E-state index contributed by atoms with van der Waals surface area (Å²) in [6, 6.07) is 13.5. The molecule has 0 N–H and O–H groups in total. The van der Waals surface area contributed by atoms with Crippen LogP contribution in [0.15, 0.2) is 42.5 Å². The smallest absolute Gasteiger partial charge is 0.193 e. The minimum Gasteiger partial charge on any atom is -0.289 e. The molecule has 2 rings (SSSR count). The molecule has 0 heterocycles. The van der Waals surface area contributed by atoms with E-state index in [-0.39, 0.29) is 25.3 Å². The quantitative estimate of drug-likeness (QED) is 0.475. The molecule has 1 atom stereocenters. The highest BCUT2D eigenvalue weighted by molar-refractivity contribution is 7.24. The van der Waals surface area contributed by atoms with Gasteiger partial charge in [-0.05, 0) is 35.4 Å². The van der Waals surface area contributed by atoms with Crippen molar-refractivity contribution in [3.63, 3.8) is 0 Å². The minimum atomic E-state index is -0.140. The van der Waals surface area contributed by atoms with Gasteiger partial charge in [-0.15, -0.1) is 0 Å². The SMILES string of the molecule is CCC(P=O)c1c(C)cccc1C(=O)c1ccc(C(C)(C)C)cc1. The molecule has 24 heavy (non-hydrogen) atoms. The van der Waals surface area contributed by atoms with E-state index in [2.05, 4.69) is 20.8 Å². The van der Waals surface area contributed by atoms with Crippen LogP contribution < -0.4 is 0 Å². The van der Waals surface area contributed by atoms with Gasteiger partial charge < -0.3 is 0 Å². The molecule has 126 valence electrons. The molecule has 2 aromatic carbocycles. The van der Waals surface area contributed by atoms with Crippen molar-refractivity contribution in [2.24, 2.45) is 0 Å². The van der Waals surface area contributed by atoms with Crippen LogP contribution in [0, 0.1) is 6.92 Å². The maximum absolute atomic E-state index is 13.0. The van der Waals surface area contributed by atoms with Gasteiger partial charge in [0.15, 0.2) is 14.2 Å². The normalized spacial score (nSPS) is 13.0.